The third-order valence-corrected chi connectivity index (χ3v) is 6.20. The van der Waals surface area contributed by atoms with Gasteiger partial charge in [-0.3, -0.25) is 4.79 Å². The van der Waals surface area contributed by atoms with Gasteiger partial charge in [0.15, 0.2) is 40.2 Å². The first-order chi connectivity index (χ1) is 21.6. The number of esters is 3. The maximum absolute atomic E-state index is 12.9. The number of hydrogen-bond acceptors (Lipinski definition) is 15. The number of carbonyl (C=O) groups excluding carboxylic acids is 3. The van der Waals surface area contributed by atoms with Crippen molar-refractivity contribution in [1.29, 1.82) is 0 Å². The highest BCUT2D eigenvalue weighted by atomic mass is 16.6. The molecular weight excluding hydrogens is 614 g/mol. The molecule has 4 aromatic rings. The van der Waals surface area contributed by atoms with Crippen molar-refractivity contribution < 1.29 is 74.2 Å². The van der Waals surface area contributed by atoms with Crippen molar-refractivity contribution in [2.24, 2.45) is 5.73 Å². The van der Waals surface area contributed by atoms with E-state index < -0.39 is 98.4 Å². The number of carboxylic acid groups (broad SMARTS) is 1. The van der Waals surface area contributed by atoms with Crippen LogP contribution in [-0.4, -0.2) is 70.8 Å². The van der Waals surface area contributed by atoms with Crippen molar-refractivity contribution in [2.75, 3.05) is 0 Å². The van der Waals surface area contributed by atoms with E-state index >= 15 is 0 Å². The lowest BCUT2D eigenvalue weighted by Crippen LogP contribution is -2.32. The number of benzene rings is 4. The standard InChI is InChI=1S/C30H23NO15/c31-17(27(39)40)5-12-1-3-16(4-2-12)44-28(41)14-8-20(34)25(37)22(10-14)46-30(43)15-9-21(35)26(38)23(11-15)45-29(42)13-6-18(32)24(36)19(33)7-13/h1-4,6-11,17,32-38H,5,31H2,(H,39,40)/t17-/m0/s1. The largest absolute Gasteiger partial charge is 0.504 e. The highest BCUT2D eigenvalue weighted by Gasteiger charge is 2.24. The van der Waals surface area contributed by atoms with Gasteiger partial charge in [-0.05, 0) is 60.5 Å². The second-order valence-corrected chi connectivity index (χ2v) is 9.51. The maximum Gasteiger partial charge on any atom is 0.343 e. The summed E-state index contributed by atoms with van der Waals surface area (Å²) in [5, 5.41) is 78.2. The molecular formula is C30H23NO15. The van der Waals surface area contributed by atoms with E-state index in [9.17, 15) is 54.9 Å². The summed E-state index contributed by atoms with van der Waals surface area (Å²) in [6.07, 6.45) is 0.0143. The minimum Gasteiger partial charge on any atom is -0.504 e. The Kier molecular flexibility index (Phi) is 9.04. The van der Waals surface area contributed by atoms with Crippen LogP contribution >= 0.6 is 0 Å². The van der Waals surface area contributed by atoms with Gasteiger partial charge in [0.2, 0.25) is 11.5 Å². The number of phenols is 7. The molecule has 0 aromatic heterocycles. The van der Waals surface area contributed by atoms with Crippen LogP contribution in [-0.2, 0) is 11.2 Å². The number of nitrogens with two attached hydrogens (primary N) is 1. The number of carboxylic acids is 1. The minimum absolute atomic E-state index is 0.0143. The Morgan fingerprint density at radius 1 is 0.565 bits per heavy atom. The number of ether oxygens (including phenoxy) is 3. The minimum atomic E-state index is -1.34. The second kappa shape index (κ2) is 12.9. The van der Waals surface area contributed by atoms with Crippen molar-refractivity contribution in [3.63, 3.8) is 0 Å². The van der Waals surface area contributed by atoms with Gasteiger partial charge < -0.3 is 60.8 Å². The lowest BCUT2D eigenvalue weighted by molar-refractivity contribution is -0.138. The molecule has 238 valence electrons. The van der Waals surface area contributed by atoms with Crippen molar-refractivity contribution >= 4 is 23.9 Å². The summed E-state index contributed by atoms with van der Waals surface area (Å²) >= 11 is 0. The van der Waals surface area contributed by atoms with Crippen LogP contribution in [0.15, 0.2) is 60.7 Å². The Balaban J connectivity index is 1.52. The van der Waals surface area contributed by atoms with Gasteiger partial charge in [0.05, 0.1) is 16.7 Å². The molecule has 0 amide bonds. The van der Waals surface area contributed by atoms with Gasteiger partial charge in [-0.2, -0.15) is 0 Å². The molecule has 0 aliphatic carbocycles. The van der Waals surface area contributed by atoms with Gasteiger partial charge in [0.1, 0.15) is 11.8 Å². The fraction of sp³-hybridized carbons (Fsp3) is 0.0667. The molecule has 16 heteroatoms. The van der Waals surface area contributed by atoms with Gasteiger partial charge in [0.25, 0.3) is 0 Å². The highest BCUT2D eigenvalue weighted by Crippen LogP contribution is 2.41. The van der Waals surface area contributed by atoms with Crippen LogP contribution in [0.2, 0.25) is 0 Å². The number of aliphatic carboxylic acids is 1. The summed E-state index contributed by atoms with van der Waals surface area (Å²) in [7, 11) is 0. The van der Waals surface area contributed by atoms with Crippen LogP contribution in [0.5, 0.6) is 57.5 Å². The average Bonchev–Trinajstić information content (AvgIpc) is 3.00. The Morgan fingerprint density at radius 2 is 0.935 bits per heavy atom. The predicted molar refractivity (Wildman–Crippen MR) is 152 cm³/mol. The molecule has 4 rings (SSSR count). The van der Waals surface area contributed by atoms with Crippen LogP contribution in [0.25, 0.3) is 0 Å². The van der Waals surface area contributed by atoms with Gasteiger partial charge >= 0.3 is 23.9 Å². The van der Waals surface area contributed by atoms with Crippen molar-refractivity contribution in [1.82, 2.24) is 0 Å². The summed E-state index contributed by atoms with van der Waals surface area (Å²) in [4.78, 5) is 49.1. The fourth-order valence-electron chi connectivity index (χ4n) is 3.82. The summed E-state index contributed by atoms with van der Waals surface area (Å²) in [5.74, 6) is -12.9. The quantitative estimate of drug-likeness (QED) is 0.0722. The van der Waals surface area contributed by atoms with E-state index in [2.05, 4.69) is 0 Å². The van der Waals surface area contributed by atoms with E-state index in [0.717, 1.165) is 30.3 Å². The zero-order valence-corrected chi connectivity index (χ0v) is 23.1. The van der Waals surface area contributed by atoms with Crippen LogP contribution in [0.4, 0.5) is 0 Å². The topological polar surface area (TPSA) is 284 Å². The van der Waals surface area contributed by atoms with E-state index in [1.807, 2.05) is 0 Å². The number of hydrogen-bond donors (Lipinski definition) is 9. The van der Waals surface area contributed by atoms with Crippen molar-refractivity contribution in [2.45, 2.75) is 12.5 Å². The zero-order valence-electron chi connectivity index (χ0n) is 23.1. The zero-order chi connectivity index (χ0) is 33.9. The lowest BCUT2D eigenvalue weighted by Gasteiger charge is -2.13. The van der Waals surface area contributed by atoms with E-state index in [1.54, 1.807) is 0 Å². The molecule has 0 radical (unpaired) electrons. The van der Waals surface area contributed by atoms with E-state index in [4.69, 9.17) is 25.1 Å². The molecule has 4 aromatic carbocycles. The van der Waals surface area contributed by atoms with Crippen LogP contribution in [0.3, 0.4) is 0 Å². The summed E-state index contributed by atoms with van der Waals surface area (Å²) in [6, 6.07) is 9.10. The molecule has 0 spiro atoms. The average molecular weight is 638 g/mol. The fourth-order valence-corrected chi connectivity index (χ4v) is 3.82. The second-order valence-electron chi connectivity index (χ2n) is 9.51. The Morgan fingerprint density at radius 3 is 1.35 bits per heavy atom. The number of phenolic OH excluding ortho intramolecular Hbond substituents is 7. The number of carbonyl (C=O) groups is 4. The maximum atomic E-state index is 12.9. The summed E-state index contributed by atoms with van der Waals surface area (Å²) in [5.41, 5.74) is 4.59. The van der Waals surface area contributed by atoms with E-state index in [0.29, 0.717) is 11.6 Å². The summed E-state index contributed by atoms with van der Waals surface area (Å²) < 4.78 is 15.2. The molecule has 0 heterocycles. The normalized spacial score (nSPS) is 11.3. The highest BCUT2D eigenvalue weighted by molar-refractivity contribution is 5.96. The SMILES string of the molecule is N[C@@H](Cc1ccc(OC(=O)c2cc(O)c(O)c(OC(=O)c3cc(O)c(O)c(OC(=O)c4cc(O)c(O)c(O)c4)c3)c2)cc1)C(=O)O. The van der Waals surface area contributed by atoms with Crippen LogP contribution in [0, 0.1) is 0 Å². The molecule has 0 aliphatic rings. The molecule has 0 saturated heterocycles. The molecule has 0 aliphatic heterocycles. The Bertz CT molecular complexity index is 1840. The van der Waals surface area contributed by atoms with E-state index in [1.165, 1.54) is 24.3 Å². The molecule has 16 nitrogen and oxygen atoms in total. The third-order valence-electron chi connectivity index (χ3n) is 6.20. The van der Waals surface area contributed by atoms with E-state index in [-0.39, 0.29) is 12.2 Å². The Hall–Kier alpha value is -6.68. The molecule has 0 bridgehead atoms. The van der Waals surface area contributed by atoms with Gasteiger partial charge in [-0.1, -0.05) is 12.1 Å². The lowest BCUT2D eigenvalue weighted by atomic mass is 10.1. The monoisotopic (exact) mass is 637 g/mol. The van der Waals surface area contributed by atoms with Crippen LogP contribution < -0.4 is 19.9 Å². The number of aromatic hydroxyl groups is 7. The molecule has 0 fully saturated rings. The summed E-state index contributed by atoms with van der Waals surface area (Å²) in [6.45, 7) is 0. The van der Waals surface area contributed by atoms with Gasteiger partial charge in [-0.15, -0.1) is 0 Å². The first kappa shape index (κ1) is 32.2. The number of rotatable bonds is 9. The molecule has 1 atom stereocenters. The molecule has 10 N–H and O–H groups in total. The van der Waals surface area contributed by atoms with Crippen LogP contribution in [0.1, 0.15) is 36.6 Å². The predicted octanol–water partition coefficient (Wildman–Crippen LogP) is 2.24. The molecule has 0 unspecified atom stereocenters. The molecule has 46 heavy (non-hydrogen) atoms. The Labute approximate surface area is 256 Å². The van der Waals surface area contributed by atoms with Gasteiger partial charge in [-0.25, -0.2) is 14.4 Å². The molecule has 0 saturated carbocycles. The van der Waals surface area contributed by atoms with Crippen molar-refractivity contribution in [3.05, 3.63) is 82.9 Å². The first-order valence-corrected chi connectivity index (χ1v) is 12.7. The third kappa shape index (κ3) is 7.09. The smallest absolute Gasteiger partial charge is 0.343 e. The van der Waals surface area contributed by atoms with Gasteiger partial charge in [0, 0.05) is 0 Å². The van der Waals surface area contributed by atoms with Crippen molar-refractivity contribution in [3.8, 4) is 57.5 Å². The first-order valence-electron chi connectivity index (χ1n) is 12.7.